The molecule has 0 aliphatic carbocycles. The van der Waals surface area contributed by atoms with Crippen LogP contribution in [0.4, 0.5) is 0 Å². The van der Waals surface area contributed by atoms with Crippen LogP contribution in [0.15, 0.2) is 0 Å². The van der Waals surface area contributed by atoms with Crippen LogP contribution in [0.2, 0.25) is 0 Å². The zero-order chi connectivity index (χ0) is 8.43. The van der Waals surface area contributed by atoms with Crippen molar-refractivity contribution in [2.45, 2.75) is 26.7 Å². The second-order valence-corrected chi connectivity index (χ2v) is 2.92. The van der Waals surface area contributed by atoms with Crippen LogP contribution in [-0.2, 0) is 14.3 Å². The van der Waals surface area contributed by atoms with Gasteiger partial charge < -0.3 is 4.74 Å². The largest absolute Gasteiger partial charge is 0.393 e. The first-order valence-corrected chi connectivity index (χ1v) is 3.92. The van der Waals surface area contributed by atoms with E-state index in [0.717, 1.165) is 12.8 Å². The fourth-order valence-corrected chi connectivity index (χ4v) is 1.32. The van der Waals surface area contributed by atoms with E-state index in [4.69, 9.17) is 0 Å². The molecular weight excluding hydrogens is 144 g/mol. The first-order chi connectivity index (χ1) is 5.16. The van der Waals surface area contributed by atoms with Crippen molar-refractivity contribution in [3.8, 4) is 0 Å². The molecule has 0 saturated carbocycles. The zero-order valence-corrected chi connectivity index (χ0v) is 6.79. The summed E-state index contributed by atoms with van der Waals surface area (Å²) in [5.41, 5.74) is 0. The highest BCUT2D eigenvalue weighted by Gasteiger charge is 2.40. The Morgan fingerprint density at radius 3 is 2.36 bits per heavy atom. The molecule has 1 saturated heterocycles. The molecule has 62 valence electrons. The van der Waals surface area contributed by atoms with E-state index < -0.39 is 0 Å². The van der Waals surface area contributed by atoms with E-state index in [2.05, 4.69) is 4.74 Å². The standard InChI is InChI=1S/C8H12O3/c1-3-4-6-5(2)7(9)11-8(6)10/h5-6H,3-4H2,1-2H3/t5-,6-/m1/s1. The summed E-state index contributed by atoms with van der Waals surface area (Å²) in [5, 5.41) is 0. The molecule has 1 fully saturated rings. The second kappa shape index (κ2) is 3.03. The van der Waals surface area contributed by atoms with Gasteiger partial charge in [0, 0.05) is 0 Å². The van der Waals surface area contributed by atoms with E-state index in [1.165, 1.54) is 0 Å². The van der Waals surface area contributed by atoms with Crippen LogP contribution in [-0.4, -0.2) is 11.9 Å². The third-order valence-corrected chi connectivity index (χ3v) is 2.08. The minimum absolute atomic E-state index is 0.188. The monoisotopic (exact) mass is 156 g/mol. The van der Waals surface area contributed by atoms with Gasteiger partial charge in [0.1, 0.15) is 0 Å². The summed E-state index contributed by atoms with van der Waals surface area (Å²) in [6.07, 6.45) is 1.67. The molecule has 0 aromatic rings. The van der Waals surface area contributed by atoms with Gasteiger partial charge in [-0.1, -0.05) is 20.3 Å². The maximum absolute atomic E-state index is 10.9. The van der Waals surface area contributed by atoms with E-state index in [0.29, 0.717) is 0 Å². The summed E-state index contributed by atoms with van der Waals surface area (Å²) in [7, 11) is 0. The van der Waals surface area contributed by atoms with E-state index >= 15 is 0 Å². The number of carbonyl (C=O) groups excluding carboxylic acids is 2. The molecule has 0 aromatic heterocycles. The summed E-state index contributed by atoms with van der Waals surface area (Å²) in [5.74, 6) is -1.13. The predicted octanol–water partition coefficient (Wildman–Crippen LogP) is 1.12. The maximum atomic E-state index is 10.9. The molecule has 1 rings (SSSR count). The van der Waals surface area contributed by atoms with E-state index in [1.807, 2.05) is 6.92 Å². The van der Waals surface area contributed by atoms with Crippen LogP contribution >= 0.6 is 0 Å². The summed E-state index contributed by atoms with van der Waals surface area (Å²) >= 11 is 0. The molecule has 11 heavy (non-hydrogen) atoms. The van der Waals surface area contributed by atoms with Crippen molar-refractivity contribution in [1.29, 1.82) is 0 Å². The fraction of sp³-hybridized carbons (Fsp3) is 0.750. The molecule has 0 N–H and O–H groups in total. The third-order valence-electron chi connectivity index (χ3n) is 2.08. The maximum Gasteiger partial charge on any atom is 0.317 e. The van der Waals surface area contributed by atoms with Crippen molar-refractivity contribution >= 4 is 11.9 Å². The Balaban J connectivity index is 2.63. The van der Waals surface area contributed by atoms with Crippen molar-refractivity contribution in [2.24, 2.45) is 11.8 Å². The van der Waals surface area contributed by atoms with Gasteiger partial charge in [-0.3, -0.25) is 9.59 Å². The van der Waals surface area contributed by atoms with Gasteiger partial charge in [0.25, 0.3) is 0 Å². The van der Waals surface area contributed by atoms with Crippen molar-refractivity contribution < 1.29 is 14.3 Å². The quantitative estimate of drug-likeness (QED) is 0.444. The molecule has 0 radical (unpaired) electrons. The lowest BCUT2D eigenvalue weighted by Crippen LogP contribution is -2.13. The van der Waals surface area contributed by atoms with Crippen LogP contribution < -0.4 is 0 Å². The SMILES string of the molecule is CCC[C@H]1C(=O)OC(=O)[C@@H]1C. The van der Waals surface area contributed by atoms with Gasteiger partial charge in [-0.15, -0.1) is 0 Å². The highest BCUT2D eigenvalue weighted by atomic mass is 16.6. The Kier molecular flexibility index (Phi) is 2.27. The van der Waals surface area contributed by atoms with Gasteiger partial charge >= 0.3 is 11.9 Å². The summed E-state index contributed by atoms with van der Waals surface area (Å²) in [6.45, 7) is 3.73. The van der Waals surface area contributed by atoms with E-state index in [1.54, 1.807) is 6.92 Å². The number of esters is 2. The lowest BCUT2D eigenvalue weighted by Gasteiger charge is -2.05. The number of carbonyl (C=O) groups is 2. The average molecular weight is 156 g/mol. The molecule has 0 amide bonds. The first kappa shape index (κ1) is 8.24. The molecule has 0 unspecified atom stereocenters. The van der Waals surface area contributed by atoms with Crippen LogP contribution in [0.3, 0.4) is 0 Å². The van der Waals surface area contributed by atoms with Crippen molar-refractivity contribution in [3.05, 3.63) is 0 Å². The Morgan fingerprint density at radius 2 is 2.00 bits per heavy atom. The van der Waals surface area contributed by atoms with Crippen LogP contribution in [0.5, 0.6) is 0 Å². The average Bonchev–Trinajstić information content (AvgIpc) is 2.17. The smallest absolute Gasteiger partial charge is 0.317 e. The Labute approximate surface area is 65.7 Å². The Morgan fingerprint density at radius 1 is 1.36 bits per heavy atom. The Bertz CT molecular complexity index is 186. The first-order valence-electron chi connectivity index (χ1n) is 3.92. The summed E-state index contributed by atoms with van der Waals surface area (Å²) in [4.78, 5) is 21.8. The highest BCUT2D eigenvalue weighted by Crippen LogP contribution is 2.26. The fourth-order valence-electron chi connectivity index (χ4n) is 1.32. The topological polar surface area (TPSA) is 43.4 Å². The predicted molar refractivity (Wildman–Crippen MR) is 38.7 cm³/mol. The van der Waals surface area contributed by atoms with Crippen LogP contribution in [0.25, 0.3) is 0 Å². The molecule has 0 aromatic carbocycles. The van der Waals surface area contributed by atoms with Gasteiger partial charge in [-0.05, 0) is 6.42 Å². The normalized spacial score (nSPS) is 30.7. The van der Waals surface area contributed by atoms with Gasteiger partial charge in [0.05, 0.1) is 11.8 Å². The molecule has 0 bridgehead atoms. The minimum Gasteiger partial charge on any atom is -0.393 e. The molecule has 1 aliphatic rings. The Hall–Kier alpha value is -0.860. The number of hydrogen-bond donors (Lipinski definition) is 0. The van der Waals surface area contributed by atoms with Crippen molar-refractivity contribution in [2.75, 3.05) is 0 Å². The molecular formula is C8H12O3. The highest BCUT2D eigenvalue weighted by molar-refractivity contribution is 5.96. The second-order valence-electron chi connectivity index (χ2n) is 2.92. The molecule has 1 aliphatic heterocycles. The number of ether oxygens (including phenoxy) is 1. The molecule has 2 atom stereocenters. The van der Waals surface area contributed by atoms with Crippen LogP contribution in [0.1, 0.15) is 26.7 Å². The third kappa shape index (κ3) is 1.42. The van der Waals surface area contributed by atoms with Crippen molar-refractivity contribution in [1.82, 2.24) is 0 Å². The van der Waals surface area contributed by atoms with E-state index in [-0.39, 0.29) is 23.8 Å². The molecule has 3 nitrogen and oxygen atoms in total. The minimum atomic E-state index is -0.367. The summed E-state index contributed by atoms with van der Waals surface area (Å²) in [6, 6.07) is 0. The van der Waals surface area contributed by atoms with Crippen LogP contribution in [0, 0.1) is 11.8 Å². The molecule has 0 spiro atoms. The zero-order valence-electron chi connectivity index (χ0n) is 6.79. The van der Waals surface area contributed by atoms with Gasteiger partial charge in [0.15, 0.2) is 0 Å². The lowest BCUT2D eigenvalue weighted by atomic mass is 9.93. The molecule has 3 heteroatoms. The number of hydrogen-bond acceptors (Lipinski definition) is 3. The van der Waals surface area contributed by atoms with E-state index in [9.17, 15) is 9.59 Å². The summed E-state index contributed by atoms with van der Waals surface area (Å²) < 4.78 is 4.46. The van der Waals surface area contributed by atoms with Gasteiger partial charge in [-0.25, -0.2) is 0 Å². The van der Waals surface area contributed by atoms with Crippen molar-refractivity contribution in [3.63, 3.8) is 0 Å². The lowest BCUT2D eigenvalue weighted by molar-refractivity contribution is -0.153. The van der Waals surface area contributed by atoms with Gasteiger partial charge in [0.2, 0.25) is 0 Å². The number of rotatable bonds is 2. The molecule has 1 heterocycles. The number of cyclic esters (lactones) is 2. The van der Waals surface area contributed by atoms with Gasteiger partial charge in [-0.2, -0.15) is 0 Å².